The highest BCUT2D eigenvalue weighted by atomic mass is 15.2. The minimum absolute atomic E-state index is 0.738. The molecule has 18 heavy (non-hydrogen) atoms. The Labute approximate surface area is 112 Å². The fourth-order valence-electron chi connectivity index (χ4n) is 1.76. The van der Waals surface area contributed by atoms with E-state index in [0.717, 1.165) is 31.4 Å². The van der Waals surface area contributed by atoms with Crippen LogP contribution in [0.4, 0.5) is 5.82 Å². The zero-order valence-electron chi connectivity index (χ0n) is 12.2. The summed E-state index contributed by atoms with van der Waals surface area (Å²) in [6.07, 6.45) is 4.28. The molecular formula is C15H27N3. The minimum Gasteiger partial charge on any atom is -0.360 e. The summed E-state index contributed by atoms with van der Waals surface area (Å²) in [6, 6.07) is 4.27. The molecule has 0 aromatic carbocycles. The Balaban J connectivity index is 2.52. The molecule has 0 saturated carbocycles. The molecule has 0 aliphatic heterocycles. The van der Waals surface area contributed by atoms with Crippen LogP contribution in [0.5, 0.6) is 0 Å². The first kappa shape index (κ1) is 15.0. The molecule has 0 fully saturated rings. The van der Waals surface area contributed by atoms with E-state index >= 15 is 0 Å². The summed E-state index contributed by atoms with van der Waals surface area (Å²) in [4.78, 5) is 6.68. The van der Waals surface area contributed by atoms with Crippen LogP contribution in [0, 0.1) is 5.92 Å². The molecule has 1 N–H and O–H groups in total. The maximum atomic E-state index is 4.44. The van der Waals surface area contributed by atoms with Crippen molar-refractivity contribution in [3.63, 3.8) is 0 Å². The van der Waals surface area contributed by atoms with E-state index in [1.54, 1.807) is 0 Å². The lowest BCUT2D eigenvalue weighted by Gasteiger charge is -2.19. The molecule has 0 atom stereocenters. The van der Waals surface area contributed by atoms with Gasteiger partial charge < -0.3 is 10.2 Å². The first-order valence-electron chi connectivity index (χ1n) is 7.00. The molecule has 0 bridgehead atoms. The van der Waals surface area contributed by atoms with Crippen molar-refractivity contribution in [3.05, 3.63) is 23.9 Å². The SMILES string of the molecule is CCCNCc1ccnc(N(C)CCC(C)C)c1. The van der Waals surface area contributed by atoms with Crippen LogP contribution >= 0.6 is 0 Å². The van der Waals surface area contributed by atoms with Gasteiger partial charge in [0.25, 0.3) is 0 Å². The average Bonchev–Trinajstić information content (AvgIpc) is 2.36. The summed E-state index contributed by atoms with van der Waals surface area (Å²) < 4.78 is 0. The molecule has 3 heteroatoms. The Morgan fingerprint density at radius 2 is 2.17 bits per heavy atom. The van der Waals surface area contributed by atoms with Gasteiger partial charge in [0.15, 0.2) is 0 Å². The van der Waals surface area contributed by atoms with E-state index in [4.69, 9.17) is 0 Å². The summed E-state index contributed by atoms with van der Waals surface area (Å²) in [7, 11) is 2.12. The van der Waals surface area contributed by atoms with Crippen molar-refractivity contribution in [1.29, 1.82) is 0 Å². The van der Waals surface area contributed by atoms with Gasteiger partial charge in [-0.1, -0.05) is 20.8 Å². The van der Waals surface area contributed by atoms with Crippen LogP contribution in [0.1, 0.15) is 39.2 Å². The number of rotatable bonds is 8. The Kier molecular flexibility index (Phi) is 6.73. The van der Waals surface area contributed by atoms with Crippen LogP contribution in [-0.2, 0) is 6.54 Å². The van der Waals surface area contributed by atoms with Crippen LogP contribution < -0.4 is 10.2 Å². The number of aromatic nitrogens is 1. The van der Waals surface area contributed by atoms with Gasteiger partial charge in [-0.2, -0.15) is 0 Å². The third-order valence-electron chi connectivity index (χ3n) is 3.00. The second-order valence-electron chi connectivity index (χ2n) is 5.30. The van der Waals surface area contributed by atoms with Gasteiger partial charge in [-0.3, -0.25) is 0 Å². The van der Waals surface area contributed by atoms with Crippen molar-refractivity contribution in [1.82, 2.24) is 10.3 Å². The molecule has 0 unspecified atom stereocenters. The van der Waals surface area contributed by atoms with E-state index < -0.39 is 0 Å². The molecule has 0 saturated heterocycles. The van der Waals surface area contributed by atoms with E-state index in [2.05, 4.69) is 55.2 Å². The summed E-state index contributed by atoms with van der Waals surface area (Å²) in [6.45, 7) is 9.77. The predicted molar refractivity (Wildman–Crippen MR) is 79.0 cm³/mol. The van der Waals surface area contributed by atoms with Gasteiger partial charge >= 0.3 is 0 Å². The van der Waals surface area contributed by atoms with Gasteiger partial charge in [-0.25, -0.2) is 4.98 Å². The zero-order chi connectivity index (χ0) is 13.4. The Morgan fingerprint density at radius 3 is 2.83 bits per heavy atom. The van der Waals surface area contributed by atoms with Gasteiger partial charge in [0.05, 0.1) is 0 Å². The van der Waals surface area contributed by atoms with Crippen LogP contribution in [0.25, 0.3) is 0 Å². The van der Waals surface area contributed by atoms with Crippen molar-refractivity contribution in [2.75, 3.05) is 25.0 Å². The molecule has 102 valence electrons. The van der Waals surface area contributed by atoms with E-state index in [9.17, 15) is 0 Å². The molecule has 1 rings (SSSR count). The first-order chi connectivity index (χ1) is 8.63. The fourth-order valence-corrected chi connectivity index (χ4v) is 1.76. The number of hydrogen-bond acceptors (Lipinski definition) is 3. The molecule has 0 radical (unpaired) electrons. The second-order valence-corrected chi connectivity index (χ2v) is 5.30. The quantitative estimate of drug-likeness (QED) is 0.718. The van der Waals surface area contributed by atoms with Gasteiger partial charge in [-0.15, -0.1) is 0 Å². The summed E-state index contributed by atoms with van der Waals surface area (Å²) in [5.74, 6) is 1.81. The lowest BCUT2D eigenvalue weighted by Crippen LogP contribution is -2.21. The van der Waals surface area contributed by atoms with Gasteiger partial charge in [-0.05, 0) is 43.0 Å². The third kappa shape index (κ3) is 5.50. The molecule has 0 aliphatic rings. The van der Waals surface area contributed by atoms with Crippen molar-refractivity contribution in [2.24, 2.45) is 5.92 Å². The molecular weight excluding hydrogens is 222 g/mol. The van der Waals surface area contributed by atoms with Crippen molar-refractivity contribution in [2.45, 2.75) is 40.2 Å². The van der Waals surface area contributed by atoms with E-state index in [0.29, 0.717) is 0 Å². The summed E-state index contributed by atoms with van der Waals surface area (Å²) >= 11 is 0. The fraction of sp³-hybridized carbons (Fsp3) is 0.667. The van der Waals surface area contributed by atoms with Gasteiger partial charge in [0.1, 0.15) is 5.82 Å². The number of anilines is 1. The Bertz CT molecular complexity index is 336. The molecule has 0 amide bonds. The normalized spacial score (nSPS) is 10.9. The molecule has 0 aliphatic carbocycles. The highest BCUT2D eigenvalue weighted by Crippen LogP contribution is 2.12. The van der Waals surface area contributed by atoms with Gasteiger partial charge in [0.2, 0.25) is 0 Å². The largest absolute Gasteiger partial charge is 0.360 e. The topological polar surface area (TPSA) is 28.2 Å². The highest BCUT2D eigenvalue weighted by molar-refractivity contribution is 5.39. The molecule has 1 aromatic rings. The van der Waals surface area contributed by atoms with Crippen molar-refractivity contribution < 1.29 is 0 Å². The number of pyridine rings is 1. The lowest BCUT2D eigenvalue weighted by atomic mass is 10.1. The smallest absolute Gasteiger partial charge is 0.128 e. The molecule has 3 nitrogen and oxygen atoms in total. The van der Waals surface area contributed by atoms with Crippen LogP contribution in [0.2, 0.25) is 0 Å². The zero-order valence-corrected chi connectivity index (χ0v) is 12.2. The molecule has 1 heterocycles. The van der Waals surface area contributed by atoms with Crippen molar-refractivity contribution in [3.8, 4) is 0 Å². The first-order valence-corrected chi connectivity index (χ1v) is 7.00. The predicted octanol–water partition coefficient (Wildman–Crippen LogP) is 3.06. The second kappa shape index (κ2) is 8.09. The standard InChI is InChI=1S/C15H27N3/c1-5-8-16-12-14-6-9-17-15(11-14)18(4)10-7-13(2)3/h6,9,11,13,16H,5,7-8,10,12H2,1-4H3. The van der Waals surface area contributed by atoms with E-state index in [1.165, 1.54) is 18.4 Å². The monoisotopic (exact) mass is 249 g/mol. The van der Waals surface area contributed by atoms with Gasteiger partial charge in [0, 0.05) is 26.3 Å². The Morgan fingerprint density at radius 1 is 1.39 bits per heavy atom. The van der Waals surface area contributed by atoms with E-state index in [-0.39, 0.29) is 0 Å². The third-order valence-corrected chi connectivity index (χ3v) is 3.00. The lowest BCUT2D eigenvalue weighted by molar-refractivity contribution is 0.583. The maximum absolute atomic E-state index is 4.44. The van der Waals surface area contributed by atoms with Crippen LogP contribution in [-0.4, -0.2) is 25.1 Å². The molecule has 0 spiro atoms. The number of nitrogens with one attached hydrogen (secondary N) is 1. The Hall–Kier alpha value is -1.09. The van der Waals surface area contributed by atoms with E-state index in [1.807, 2.05) is 6.20 Å². The maximum Gasteiger partial charge on any atom is 0.128 e. The highest BCUT2D eigenvalue weighted by Gasteiger charge is 2.04. The average molecular weight is 249 g/mol. The number of hydrogen-bond donors (Lipinski definition) is 1. The number of nitrogens with zero attached hydrogens (tertiary/aromatic N) is 2. The molecule has 1 aromatic heterocycles. The minimum atomic E-state index is 0.738. The summed E-state index contributed by atoms with van der Waals surface area (Å²) in [5, 5.41) is 3.42. The van der Waals surface area contributed by atoms with Crippen LogP contribution in [0.3, 0.4) is 0 Å². The van der Waals surface area contributed by atoms with Crippen molar-refractivity contribution >= 4 is 5.82 Å². The van der Waals surface area contributed by atoms with Crippen LogP contribution in [0.15, 0.2) is 18.3 Å². The summed E-state index contributed by atoms with van der Waals surface area (Å²) in [5.41, 5.74) is 1.31.